The second-order valence-corrected chi connectivity index (χ2v) is 8.21. The molecule has 0 unspecified atom stereocenters. The van der Waals surface area contributed by atoms with Crippen molar-refractivity contribution in [3.05, 3.63) is 29.8 Å². The maximum absolute atomic E-state index is 13.0. The third kappa shape index (κ3) is 4.12. The van der Waals surface area contributed by atoms with Crippen molar-refractivity contribution in [2.75, 3.05) is 31.2 Å². The molecule has 2 aliphatic heterocycles. The SMILES string of the molecule is Cc1ccc(N2N=C(C(=O)N3CCN(C4CCCCC4)CC3)CCC2=O)cc1. The molecule has 0 spiro atoms. The lowest BCUT2D eigenvalue weighted by Crippen LogP contribution is -2.54. The number of hydrogen-bond acceptors (Lipinski definition) is 4. The van der Waals surface area contributed by atoms with Gasteiger partial charge in [0.1, 0.15) is 5.71 Å². The summed E-state index contributed by atoms with van der Waals surface area (Å²) in [5.74, 6) is -0.0598. The minimum Gasteiger partial charge on any atom is -0.335 e. The van der Waals surface area contributed by atoms with Crippen LogP contribution in [0.2, 0.25) is 0 Å². The van der Waals surface area contributed by atoms with Gasteiger partial charge in [-0.15, -0.1) is 0 Å². The molecule has 1 aliphatic carbocycles. The first-order valence-electron chi connectivity index (χ1n) is 10.6. The first-order valence-corrected chi connectivity index (χ1v) is 10.6. The number of rotatable bonds is 3. The van der Waals surface area contributed by atoms with Crippen LogP contribution in [0.15, 0.2) is 29.4 Å². The van der Waals surface area contributed by atoms with Gasteiger partial charge in [0.05, 0.1) is 5.69 Å². The molecule has 0 N–H and O–H groups in total. The van der Waals surface area contributed by atoms with Crippen LogP contribution in [0.5, 0.6) is 0 Å². The van der Waals surface area contributed by atoms with Crippen molar-refractivity contribution in [2.45, 2.75) is 57.9 Å². The van der Waals surface area contributed by atoms with E-state index in [-0.39, 0.29) is 11.8 Å². The van der Waals surface area contributed by atoms with Crippen LogP contribution < -0.4 is 5.01 Å². The van der Waals surface area contributed by atoms with Gasteiger partial charge in [0.15, 0.2) is 0 Å². The summed E-state index contributed by atoms with van der Waals surface area (Å²) in [4.78, 5) is 29.8. The molecule has 0 atom stereocenters. The molecule has 1 aromatic carbocycles. The van der Waals surface area contributed by atoms with Crippen LogP contribution in [-0.4, -0.2) is 59.5 Å². The van der Waals surface area contributed by atoms with Gasteiger partial charge in [-0.1, -0.05) is 37.0 Å². The Morgan fingerprint density at radius 2 is 1.64 bits per heavy atom. The number of hydrogen-bond donors (Lipinski definition) is 0. The fourth-order valence-electron chi connectivity index (χ4n) is 4.51. The molecule has 1 aromatic rings. The zero-order chi connectivity index (χ0) is 19.5. The van der Waals surface area contributed by atoms with Gasteiger partial charge in [-0.3, -0.25) is 14.5 Å². The summed E-state index contributed by atoms with van der Waals surface area (Å²) in [7, 11) is 0. The van der Waals surface area contributed by atoms with Crippen molar-refractivity contribution < 1.29 is 9.59 Å². The lowest BCUT2D eigenvalue weighted by atomic mass is 9.94. The van der Waals surface area contributed by atoms with Crippen LogP contribution >= 0.6 is 0 Å². The van der Waals surface area contributed by atoms with Crippen molar-refractivity contribution in [1.82, 2.24) is 9.80 Å². The van der Waals surface area contributed by atoms with E-state index < -0.39 is 0 Å². The van der Waals surface area contributed by atoms with E-state index in [2.05, 4.69) is 10.0 Å². The molecule has 4 rings (SSSR count). The number of nitrogens with zero attached hydrogens (tertiary/aromatic N) is 4. The fourth-order valence-corrected chi connectivity index (χ4v) is 4.51. The molecule has 3 aliphatic rings. The fraction of sp³-hybridized carbons (Fsp3) is 0.591. The molecule has 6 nitrogen and oxygen atoms in total. The number of benzene rings is 1. The molecule has 1 saturated carbocycles. The number of carbonyl (C=O) groups is 2. The highest BCUT2D eigenvalue weighted by molar-refractivity contribution is 6.40. The van der Waals surface area contributed by atoms with Crippen LogP contribution in [-0.2, 0) is 9.59 Å². The minimum absolute atomic E-state index is 0.00657. The molecule has 1 saturated heterocycles. The molecule has 0 radical (unpaired) electrons. The second kappa shape index (κ2) is 8.43. The molecule has 0 bridgehead atoms. The quantitative estimate of drug-likeness (QED) is 0.808. The van der Waals surface area contributed by atoms with E-state index in [9.17, 15) is 9.59 Å². The van der Waals surface area contributed by atoms with E-state index in [0.29, 0.717) is 24.6 Å². The van der Waals surface area contributed by atoms with Gasteiger partial charge < -0.3 is 4.90 Å². The third-order valence-corrected chi connectivity index (χ3v) is 6.25. The largest absolute Gasteiger partial charge is 0.335 e. The molecular weight excluding hydrogens is 352 g/mol. The topological polar surface area (TPSA) is 56.2 Å². The maximum Gasteiger partial charge on any atom is 0.270 e. The predicted octanol–water partition coefficient (Wildman–Crippen LogP) is 2.95. The van der Waals surface area contributed by atoms with Crippen LogP contribution in [0.25, 0.3) is 0 Å². The summed E-state index contributed by atoms with van der Waals surface area (Å²) in [5.41, 5.74) is 2.36. The maximum atomic E-state index is 13.0. The van der Waals surface area contributed by atoms with Gasteiger partial charge in [0.2, 0.25) is 5.91 Å². The number of aryl methyl sites for hydroxylation is 1. The average molecular weight is 383 g/mol. The Bertz CT molecular complexity index is 744. The van der Waals surface area contributed by atoms with Gasteiger partial charge in [0, 0.05) is 45.1 Å². The Morgan fingerprint density at radius 1 is 0.964 bits per heavy atom. The molecule has 2 heterocycles. The highest BCUT2D eigenvalue weighted by Crippen LogP contribution is 2.24. The molecule has 2 amide bonds. The van der Waals surface area contributed by atoms with E-state index in [4.69, 9.17) is 0 Å². The van der Waals surface area contributed by atoms with Crippen LogP contribution in [0, 0.1) is 6.92 Å². The molecule has 6 heteroatoms. The van der Waals surface area contributed by atoms with Crippen molar-refractivity contribution in [3.8, 4) is 0 Å². The summed E-state index contributed by atoms with van der Waals surface area (Å²) < 4.78 is 0. The van der Waals surface area contributed by atoms with Crippen molar-refractivity contribution in [1.29, 1.82) is 0 Å². The van der Waals surface area contributed by atoms with Crippen LogP contribution in [0.3, 0.4) is 0 Å². The standard InChI is InChI=1S/C22H30N4O2/c1-17-7-9-19(10-8-17)26-21(27)12-11-20(23-26)22(28)25-15-13-24(14-16-25)18-5-3-2-4-6-18/h7-10,18H,2-6,11-16H2,1H3. The van der Waals surface area contributed by atoms with E-state index in [0.717, 1.165) is 37.4 Å². The van der Waals surface area contributed by atoms with Gasteiger partial charge in [0.25, 0.3) is 5.91 Å². The van der Waals surface area contributed by atoms with E-state index in [1.54, 1.807) is 0 Å². The minimum atomic E-state index is -0.0532. The van der Waals surface area contributed by atoms with Gasteiger partial charge >= 0.3 is 0 Å². The van der Waals surface area contributed by atoms with Crippen molar-refractivity contribution in [2.24, 2.45) is 5.10 Å². The van der Waals surface area contributed by atoms with Gasteiger partial charge in [-0.2, -0.15) is 5.10 Å². The molecule has 28 heavy (non-hydrogen) atoms. The van der Waals surface area contributed by atoms with E-state index in [1.807, 2.05) is 36.1 Å². The molecule has 0 aromatic heterocycles. The Kier molecular flexibility index (Phi) is 5.76. The highest BCUT2D eigenvalue weighted by atomic mass is 16.2. The Morgan fingerprint density at radius 3 is 2.32 bits per heavy atom. The number of amides is 2. The first kappa shape index (κ1) is 19.1. The summed E-state index contributed by atoms with van der Waals surface area (Å²) in [6, 6.07) is 8.38. The third-order valence-electron chi connectivity index (χ3n) is 6.25. The smallest absolute Gasteiger partial charge is 0.270 e. The number of hydrazone groups is 1. The number of carbonyl (C=O) groups excluding carboxylic acids is 2. The molecule has 2 fully saturated rings. The zero-order valence-corrected chi connectivity index (χ0v) is 16.8. The summed E-state index contributed by atoms with van der Waals surface area (Å²) in [6.07, 6.45) is 7.41. The van der Waals surface area contributed by atoms with E-state index >= 15 is 0 Å². The lowest BCUT2D eigenvalue weighted by molar-refractivity contribution is -0.126. The van der Waals surface area contributed by atoms with Crippen LogP contribution in [0.1, 0.15) is 50.5 Å². The van der Waals surface area contributed by atoms with Gasteiger partial charge in [-0.05, 0) is 31.9 Å². The first-order chi connectivity index (χ1) is 13.6. The summed E-state index contributed by atoms with van der Waals surface area (Å²) >= 11 is 0. The Labute approximate surface area is 167 Å². The predicted molar refractivity (Wildman–Crippen MR) is 110 cm³/mol. The Hall–Kier alpha value is -2.21. The average Bonchev–Trinajstić information content (AvgIpc) is 2.75. The van der Waals surface area contributed by atoms with Gasteiger partial charge in [-0.25, -0.2) is 5.01 Å². The molecule has 150 valence electrons. The number of anilines is 1. The Balaban J connectivity index is 1.40. The monoisotopic (exact) mass is 382 g/mol. The van der Waals surface area contributed by atoms with Crippen molar-refractivity contribution in [3.63, 3.8) is 0 Å². The zero-order valence-electron chi connectivity index (χ0n) is 16.8. The van der Waals surface area contributed by atoms with E-state index in [1.165, 1.54) is 37.1 Å². The highest BCUT2D eigenvalue weighted by Gasteiger charge is 2.31. The summed E-state index contributed by atoms with van der Waals surface area (Å²) in [5, 5.41) is 5.84. The lowest BCUT2D eigenvalue weighted by Gasteiger charge is -2.41. The number of piperazine rings is 1. The van der Waals surface area contributed by atoms with Crippen LogP contribution in [0.4, 0.5) is 5.69 Å². The van der Waals surface area contributed by atoms with Crippen molar-refractivity contribution >= 4 is 23.2 Å². The second-order valence-electron chi connectivity index (χ2n) is 8.21. The molecular formula is C22H30N4O2. The summed E-state index contributed by atoms with van der Waals surface area (Å²) in [6.45, 7) is 5.42. The normalized spacial score (nSPS) is 22.3.